The lowest BCUT2D eigenvalue weighted by Crippen LogP contribution is -2.43. The Labute approximate surface area is 187 Å². The van der Waals surface area contributed by atoms with Gasteiger partial charge in [-0.05, 0) is 43.9 Å². The zero-order chi connectivity index (χ0) is 23.4. The van der Waals surface area contributed by atoms with Gasteiger partial charge in [0.25, 0.3) is 0 Å². The fraction of sp³-hybridized carbons (Fsp3) is 0.458. The van der Waals surface area contributed by atoms with Crippen LogP contribution in [0.1, 0.15) is 38.7 Å². The third-order valence-corrected chi connectivity index (χ3v) is 5.85. The first kappa shape index (κ1) is 23.5. The Morgan fingerprint density at radius 3 is 2.50 bits per heavy atom. The molecule has 1 heterocycles. The van der Waals surface area contributed by atoms with Crippen molar-refractivity contribution in [1.29, 1.82) is 0 Å². The maximum absolute atomic E-state index is 13.6. The molecular weight excluding hydrogens is 414 g/mol. The van der Waals surface area contributed by atoms with E-state index >= 15 is 0 Å². The number of phenolic OH excluding ortho intramolecular Hbond substituents is 1. The topological polar surface area (TPSA) is 111 Å². The SMILES string of the molecule is CCOCCOC(=O)C1=C(C)NC2=C(C(=O)[C@H](C(=O)OC)[C@H](C)C2)[C@@H]1c1ccc(O)cc1. The van der Waals surface area contributed by atoms with Gasteiger partial charge in [0, 0.05) is 29.5 Å². The van der Waals surface area contributed by atoms with Crippen molar-refractivity contribution in [1.82, 2.24) is 5.32 Å². The Kier molecular flexibility index (Phi) is 7.35. The van der Waals surface area contributed by atoms with E-state index in [4.69, 9.17) is 14.2 Å². The van der Waals surface area contributed by atoms with Crippen molar-refractivity contribution in [2.75, 3.05) is 26.9 Å². The third-order valence-electron chi connectivity index (χ3n) is 5.85. The van der Waals surface area contributed by atoms with E-state index in [1.54, 1.807) is 19.1 Å². The molecule has 172 valence electrons. The number of esters is 2. The molecule has 0 aromatic heterocycles. The van der Waals surface area contributed by atoms with Gasteiger partial charge < -0.3 is 24.6 Å². The summed E-state index contributed by atoms with van der Waals surface area (Å²) in [7, 11) is 1.26. The number of methoxy groups -OCH3 is 1. The third kappa shape index (κ3) is 4.55. The first-order valence-corrected chi connectivity index (χ1v) is 10.7. The molecule has 0 unspecified atom stereocenters. The monoisotopic (exact) mass is 443 g/mol. The molecule has 0 spiro atoms. The molecule has 3 rings (SSSR count). The molecule has 2 aliphatic rings. The molecule has 0 fully saturated rings. The molecule has 0 saturated heterocycles. The second-order valence-corrected chi connectivity index (χ2v) is 7.96. The Bertz CT molecular complexity index is 961. The van der Waals surface area contributed by atoms with Crippen LogP contribution in [0, 0.1) is 11.8 Å². The number of aromatic hydroxyl groups is 1. The molecule has 0 saturated carbocycles. The predicted molar refractivity (Wildman–Crippen MR) is 115 cm³/mol. The highest BCUT2D eigenvalue weighted by Crippen LogP contribution is 2.45. The fourth-order valence-electron chi connectivity index (χ4n) is 4.37. The number of rotatable bonds is 7. The van der Waals surface area contributed by atoms with Gasteiger partial charge in [-0.25, -0.2) is 4.79 Å². The van der Waals surface area contributed by atoms with Crippen LogP contribution < -0.4 is 5.32 Å². The Morgan fingerprint density at radius 1 is 1.19 bits per heavy atom. The van der Waals surface area contributed by atoms with Gasteiger partial charge in [-0.3, -0.25) is 9.59 Å². The van der Waals surface area contributed by atoms with Gasteiger partial charge in [-0.1, -0.05) is 19.1 Å². The molecule has 1 aromatic rings. The molecule has 1 aromatic carbocycles. The lowest BCUT2D eigenvalue weighted by atomic mass is 9.69. The van der Waals surface area contributed by atoms with Crippen molar-refractivity contribution in [2.24, 2.45) is 11.8 Å². The molecule has 0 radical (unpaired) electrons. The molecule has 0 amide bonds. The summed E-state index contributed by atoms with van der Waals surface area (Å²) in [5, 5.41) is 12.9. The van der Waals surface area contributed by atoms with E-state index in [9.17, 15) is 19.5 Å². The van der Waals surface area contributed by atoms with E-state index in [2.05, 4.69) is 5.32 Å². The van der Waals surface area contributed by atoms with Crippen molar-refractivity contribution < 1.29 is 33.7 Å². The minimum atomic E-state index is -0.950. The van der Waals surface area contributed by atoms with Crippen LogP contribution in [0.5, 0.6) is 5.75 Å². The lowest BCUT2D eigenvalue weighted by Gasteiger charge is -2.38. The van der Waals surface area contributed by atoms with Gasteiger partial charge in [0.15, 0.2) is 5.78 Å². The largest absolute Gasteiger partial charge is 0.508 e. The van der Waals surface area contributed by atoms with Crippen LogP contribution in [0.25, 0.3) is 0 Å². The maximum atomic E-state index is 13.6. The summed E-state index contributed by atoms with van der Waals surface area (Å²) in [6, 6.07) is 6.32. The van der Waals surface area contributed by atoms with Crippen molar-refractivity contribution in [2.45, 2.75) is 33.1 Å². The smallest absolute Gasteiger partial charge is 0.336 e. The highest BCUT2D eigenvalue weighted by Gasteiger charge is 2.47. The highest BCUT2D eigenvalue weighted by atomic mass is 16.6. The molecule has 8 nitrogen and oxygen atoms in total. The first-order valence-electron chi connectivity index (χ1n) is 10.7. The molecule has 1 aliphatic carbocycles. The summed E-state index contributed by atoms with van der Waals surface area (Å²) in [5.74, 6) is -3.41. The number of ether oxygens (including phenoxy) is 3. The number of nitrogens with one attached hydrogen (secondary N) is 1. The van der Waals surface area contributed by atoms with Gasteiger partial charge in [-0.15, -0.1) is 0 Å². The molecular formula is C24H29NO7. The minimum Gasteiger partial charge on any atom is -0.508 e. The van der Waals surface area contributed by atoms with E-state index in [-0.39, 0.29) is 36.2 Å². The number of benzene rings is 1. The zero-order valence-corrected chi connectivity index (χ0v) is 18.8. The van der Waals surface area contributed by atoms with Gasteiger partial charge in [-0.2, -0.15) is 0 Å². The van der Waals surface area contributed by atoms with Crippen molar-refractivity contribution in [3.63, 3.8) is 0 Å². The van der Waals surface area contributed by atoms with Crippen LogP contribution >= 0.6 is 0 Å². The van der Waals surface area contributed by atoms with Crippen molar-refractivity contribution in [3.8, 4) is 5.75 Å². The Balaban J connectivity index is 2.06. The number of Topliss-reactive ketones (excluding diaryl/α,β-unsaturated/α-hetero) is 1. The maximum Gasteiger partial charge on any atom is 0.336 e. The summed E-state index contributed by atoms with van der Waals surface area (Å²) < 4.78 is 15.5. The molecule has 0 bridgehead atoms. The quantitative estimate of drug-likeness (QED) is 0.376. The van der Waals surface area contributed by atoms with Crippen LogP contribution in [0.4, 0.5) is 0 Å². The normalized spacial score (nSPS) is 22.9. The van der Waals surface area contributed by atoms with Crippen LogP contribution in [-0.2, 0) is 28.6 Å². The summed E-state index contributed by atoms with van der Waals surface area (Å²) in [6.45, 7) is 6.29. The zero-order valence-electron chi connectivity index (χ0n) is 18.8. The standard InChI is InChI=1S/C24H29NO7/c1-5-31-10-11-32-24(29)19-14(3)25-17-12-13(2)18(23(28)30-4)22(27)21(17)20(19)15-6-8-16(26)9-7-15/h6-9,13,18,20,25-26H,5,10-12H2,1-4H3/t13-,18-,20-/m1/s1. The van der Waals surface area contributed by atoms with Crippen molar-refractivity contribution in [3.05, 3.63) is 52.4 Å². The van der Waals surface area contributed by atoms with Crippen LogP contribution in [-0.4, -0.2) is 49.8 Å². The molecule has 3 atom stereocenters. The predicted octanol–water partition coefficient (Wildman–Crippen LogP) is 2.58. The fourth-order valence-corrected chi connectivity index (χ4v) is 4.37. The van der Waals surface area contributed by atoms with Crippen molar-refractivity contribution >= 4 is 17.7 Å². The number of allylic oxidation sites excluding steroid dienone is 3. The lowest BCUT2D eigenvalue weighted by molar-refractivity contribution is -0.151. The number of ketones is 1. The second kappa shape index (κ2) is 9.99. The minimum absolute atomic E-state index is 0.0643. The number of carbonyl (C=O) groups excluding carboxylic acids is 3. The summed E-state index contributed by atoms with van der Waals surface area (Å²) >= 11 is 0. The van der Waals surface area contributed by atoms with Crippen LogP contribution in [0.3, 0.4) is 0 Å². The van der Waals surface area contributed by atoms with E-state index in [1.807, 2.05) is 13.8 Å². The summed E-state index contributed by atoms with van der Waals surface area (Å²) in [4.78, 5) is 39.0. The summed E-state index contributed by atoms with van der Waals surface area (Å²) in [6.07, 6.45) is 0.458. The second-order valence-electron chi connectivity index (χ2n) is 7.96. The van der Waals surface area contributed by atoms with Gasteiger partial charge >= 0.3 is 11.9 Å². The van der Waals surface area contributed by atoms with Crippen LogP contribution in [0.2, 0.25) is 0 Å². The number of carbonyl (C=O) groups is 3. The van der Waals surface area contributed by atoms with E-state index in [0.717, 1.165) is 0 Å². The number of phenols is 1. The average Bonchev–Trinajstić information content (AvgIpc) is 2.76. The highest BCUT2D eigenvalue weighted by molar-refractivity contribution is 6.12. The number of hydrogen-bond donors (Lipinski definition) is 2. The molecule has 2 N–H and O–H groups in total. The summed E-state index contributed by atoms with van der Waals surface area (Å²) in [5.41, 5.74) is 2.55. The Hall–Kier alpha value is -3.13. The average molecular weight is 443 g/mol. The molecule has 8 heteroatoms. The van der Waals surface area contributed by atoms with Gasteiger partial charge in [0.05, 0.1) is 19.3 Å². The van der Waals surface area contributed by atoms with Gasteiger partial charge in [0.1, 0.15) is 18.3 Å². The number of hydrogen-bond acceptors (Lipinski definition) is 8. The van der Waals surface area contributed by atoms with E-state index in [1.165, 1.54) is 19.2 Å². The van der Waals surface area contributed by atoms with Crippen LogP contribution in [0.15, 0.2) is 46.8 Å². The number of dihydropyridines is 1. The first-order chi connectivity index (χ1) is 15.3. The van der Waals surface area contributed by atoms with E-state index in [0.29, 0.717) is 35.6 Å². The van der Waals surface area contributed by atoms with Gasteiger partial charge in [0.2, 0.25) is 0 Å². The Morgan fingerprint density at radius 2 is 1.88 bits per heavy atom. The molecule has 1 aliphatic heterocycles. The molecule has 32 heavy (non-hydrogen) atoms. The van der Waals surface area contributed by atoms with E-state index < -0.39 is 23.8 Å².